The zero-order valence-electron chi connectivity index (χ0n) is 15.9. The van der Waals surface area contributed by atoms with Gasteiger partial charge in [-0.1, -0.05) is 0 Å². The first-order valence-corrected chi connectivity index (χ1v) is 10.0. The minimum atomic E-state index is -0.179. The van der Waals surface area contributed by atoms with Crippen molar-refractivity contribution in [2.45, 2.75) is 12.5 Å². The van der Waals surface area contributed by atoms with Gasteiger partial charge in [-0.3, -0.25) is 14.6 Å². The van der Waals surface area contributed by atoms with Crippen molar-refractivity contribution in [3.63, 3.8) is 0 Å². The molecular weight excluding hydrogens is 347 g/mol. The highest BCUT2D eigenvalue weighted by Gasteiger charge is 2.33. The average Bonchev–Trinajstić information content (AvgIpc) is 2.86. The van der Waals surface area contributed by atoms with Crippen molar-refractivity contribution >= 4 is 11.6 Å². The molecule has 0 aromatic heterocycles. The van der Waals surface area contributed by atoms with E-state index < -0.39 is 0 Å². The van der Waals surface area contributed by atoms with Gasteiger partial charge in [0.2, 0.25) is 5.91 Å². The highest BCUT2D eigenvalue weighted by Crippen LogP contribution is 2.21. The van der Waals surface area contributed by atoms with Crippen molar-refractivity contribution in [2.24, 2.45) is 0 Å². The second kappa shape index (κ2) is 8.54. The summed E-state index contributed by atoms with van der Waals surface area (Å²) >= 11 is 0. The van der Waals surface area contributed by atoms with E-state index in [1.807, 2.05) is 17.0 Å². The number of likely N-dealkylation sites (tertiary alicyclic amines) is 1. The Labute approximate surface area is 160 Å². The molecule has 3 aliphatic rings. The van der Waals surface area contributed by atoms with Crippen LogP contribution in [0.4, 0.5) is 10.1 Å². The monoisotopic (exact) mass is 376 g/mol. The van der Waals surface area contributed by atoms with E-state index in [0.717, 1.165) is 71.0 Å². The van der Waals surface area contributed by atoms with Crippen molar-refractivity contribution in [1.29, 1.82) is 0 Å². The largest absolute Gasteiger partial charge is 0.372 e. The number of ether oxygens (including phenoxy) is 1. The van der Waals surface area contributed by atoms with Gasteiger partial charge >= 0.3 is 0 Å². The van der Waals surface area contributed by atoms with Gasteiger partial charge in [0.15, 0.2) is 0 Å². The van der Waals surface area contributed by atoms with Gasteiger partial charge in [-0.2, -0.15) is 0 Å². The Bertz CT molecular complexity index is 627. The summed E-state index contributed by atoms with van der Waals surface area (Å²) in [5.41, 5.74) is 1.11. The fraction of sp³-hybridized carbons (Fsp3) is 0.650. The first kappa shape index (κ1) is 18.7. The molecule has 0 atom stereocenters. The van der Waals surface area contributed by atoms with Gasteiger partial charge in [0.25, 0.3) is 0 Å². The van der Waals surface area contributed by atoms with Crippen molar-refractivity contribution < 1.29 is 13.9 Å². The Morgan fingerprint density at radius 3 is 2.48 bits per heavy atom. The molecule has 3 fully saturated rings. The zero-order valence-corrected chi connectivity index (χ0v) is 15.9. The standard InChI is InChI=1S/C20H29FN4O2/c21-17-2-4-18(5-3-17)23-9-11-24(12-10-23)19-14-22(15-19)7-8-25-6-1-13-27-16-20(25)26/h2-5,19H,1,6-16H2. The van der Waals surface area contributed by atoms with Crippen LogP contribution in [-0.2, 0) is 9.53 Å². The van der Waals surface area contributed by atoms with E-state index in [1.54, 1.807) is 0 Å². The minimum absolute atomic E-state index is 0.126. The number of amides is 1. The topological polar surface area (TPSA) is 39.3 Å². The first-order chi connectivity index (χ1) is 13.2. The van der Waals surface area contributed by atoms with Crippen LogP contribution in [0.25, 0.3) is 0 Å². The van der Waals surface area contributed by atoms with Gasteiger partial charge in [0, 0.05) is 77.2 Å². The number of hydrogen-bond donors (Lipinski definition) is 0. The van der Waals surface area contributed by atoms with Gasteiger partial charge in [0.05, 0.1) is 0 Å². The molecule has 3 aliphatic heterocycles. The summed E-state index contributed by atoms with van der Waals surface area (Å²) in [5, 5.41) is 0. The molecule has 0 spiro atoms. The third-order valence-corrected chi connectivity index (χ3v) is 5.94. The summed E-state index contributed by atoms with van der Waals surface area (Å²) in [6.07, 6.45) is 0.937. The molecule has 0 unspecified atom stereocenters. The third kappa shape index (κ3) is 4.59. The molecule has 6 nitrogen and oxygen atoms in total. The number of nitrogens with zero attached hydrogens (tertiary/aromatic N) is 4. The van der Waals surface area contributed by atoms with Crippen LogP contribution in [0.15, 0.2) is 24.3 Å². The zero-order chi connectivity index (χ0) is 18.6. The molecular formula is C20H29FN4O2. The molecule has 1 amide bonds. The van der Waals surface area contributed by atoms with Gasteiger partial charge in [-0.15, -0.1) is 0 Å². The molecule has 0 radical (unpaired) electrons. The molecule has 148 valence electrons. The molecule has 1 aromatic carbocycles. The van der Waals surface area contributed by atoms with Gasteiger partial charge in [0.1, 0.15) is 12.4 Å². The number of halogens is 1. The number of piperazine rings is 1. The molecule has 1 aromatic rings. The van der Waals surface area contributed by atoms with E-state index in [2.05, 4.69) is 14.7 Å². The summed E-state index contributed by atoms with van der Waals surface area (Å²) in [5.74, 6) is -0.0529. The molecule has 4 rings (SSSR count). The Morgan fingerprint density at radius 1 is 1.00 bits per heavy atom. The van der Waals surface area contributed by atoms with Crippen LogP contribution in [0.2, 0.25) is 0 Å². The molecule has 7 heteroatoms. The minimum Gasteiger partial charge on any atom is -0.372 e. The number of rotatable bonds is 5. The summed E-state index contributed by atoms with van der Waals surface area (Å²) in [7, 11) is 0. The fourth-order valence-corrected chi connectivity index (χ4v) is 4.18. The predicted octanol–water partition coefficient (Wildman–Crippen LogP) is 0.881. The van der Waals surface area contributed by atoms with Crippen LogP contribution in [0, 0.1) is 5.82 Å². The van der Waals surface area contributed by atoms with Crippen molar-refractivity contribution in [3.8, 4) is 0 Å². The van der Waals surface area contributed by atoms with Gasteiger partial charge in [-0.05, 0) is 30.7 Å². The third-order valence-electron chi connectivity index (χ3n) is 5.94. The highest BCUT2D eigenvalue weighted by atomic mass is 19.1. The Hall–Kier alpha value is -1.70. The second-order valence-corrected chi connectivity index (χ2v) is 7.70. The van der Waals surface area contributed by atoms with Crippen LogP contribution in [0.5, 0.6) is 0 Å². The van der Waals surface area contributed by atoms with Gasteiger partial charge < -0.3 is 14.5 Å². The van der Waals surface area contributed by atoms with Crippen molar-refractivity contribution in [3.05, 3.63) is 30.1 Å². The van der Waals surface area contributed by atoms with Crippen LogP contribution >= 0.6 is 0 Å². The molecule has 0 N–H and O–H groups in total. The Kier molecular flexibility index (Phi) is 5.90. The van der Waals surface area contributed by atoms with E-state index >= 15 is 0 Å². The van der Waals surface area contributed by atoms with E-state index in [-0.39, 0.29) is 18.3 Å². The molecule has 3 saturated heterocycles. The van der Waals surface area contributed by atoms with E-state index in [0.29, 0.717) is 12.6 Å². The average molecular weight is 376 g/mol. The van der Waals surface area contributed by atoms with E-state index in [1.165, 1.54) is 12.1 Å². The van der Waals surface area contributed by atoms with Gasteiger partial charge in [-0.25, -0.2) is 4.39 Å². The molecule has 3 heterocycles. The van der Waals surface area contributed by atoms with E-state index in [9.17, 15) is 9.18 Å². The predicted molar refractivity (Wildman–Crippen MR) is 102 cm³/mol. The summed E-state index contributed by atoms with van der Waals surface area (Å²) in [6, 6.07) is 7.43. The smallest absolute Gasteiger partial charge is 0.248 e. The maximum atomic E-state index is 13.1. The summed E-state index contributed by atoms with van der Waals surface area (Å²) in [4.78, 5) is 21.3. The number of benzene rings is 1. The molecule has 0 saturated carbocycles. The lowest BCUT2D eigenvalue weighted by molar-refractivity contribution is -0.134. The Balaban J connectivity index is 1.16. The highest BCUT2D eigenvalue weighted by molar-refractivity contribution is 5.77. The second-order valence-electron chi connectivity index (χ2n) is 7.70. The quantitative estimate of drug-likeness (QED) is 0.763. The number of anilines is 1. The summed E-state index contributed by atoms with van der Waals surface area (Å²) < 4.78 is 18.4. The molecule has 0 aliphatic carbocycles. The van der Waals surface area contributed by atoms with Crippen molar-refractivity contribution in [2.75, 3.05) is 77.0 Å². The van der Waals surface area contributed by atoms with Crippen molar-refractivity contribution in [1.82, 2.24) is 14.7 Å². The molecule has 0 bridgehead atoms. The first-order valence-electron chi connectivity index (χ1n) is 10.0. The van der Waals surface area contributed by atoms with Crippen LogP contribution in [0.1, 0.15) is 6.42 Å². The fourth-order valence-electron chi connectivity index (χ4n) is 4.18. The SMILES string of the molecule is O=C1COCCCN1CCN1CC(N2CCN(c3ccc(F)cc3)CC2)C1. The Morgan fingerprint density at radius 2 is 1.74 bits per heavy atom. The van der Waals surface area contributed by atoms with Crippen LogP contribution in [0.3, 0.4) is 0 Å². The number of hydrogen-bond acceptors (Lipinski definition) is 5. The maximum absolute atomic E-state index is 13.1. The maximum Gasteiger partial charge on any atom is 0.248 e. The summed E-state index contributed by atoms with van der Waals surface area (Å²) in [6.45, 7) is 9.79. The van der Waals surface area contributed by atoms with E-state index in [4.69, 9.17) is 4.74 Å². The van der Waals surface area contributed by atoms with Crippen LogP contribution in [-0.4, -0.2) is 98.8 Å². The number of carbonyl (C=O) groups excluding carboxylic acids is 1. The lowest BCUT2D eigenvalue weighted by Gasteiger charge is -2.48. The normalized spacial score (nSPS) is 23.4. The van der Waals surface area contributed by atoms with Crippen LogP contribution < -0.4 is 4.90 Å². The molecule has 27 heavy (non-hydrogen) atoms. The number of carbonyl (C=O) groups is 1. The lowest BCUT2D eigenvalue weighted by Crippen LogP contribution is -2.63. The lowest BCUT2D eigenvalue weighted by atomic mass is 10.1.